The Hall–Kier alpha value is -1.62. The van der Waals surface area contributed by atoms with Crippen LogP contribution in [0.15, 0.2) is 24.3 Å². The van der Waals surface area contributed by atoms with Gasteiger partial charge in [-0.05, 0) is 37.6 Å². The van der Waals surface area contributed by atoms with Gasteiger partial charge in [-0.1, -0.05) is 13.3 Å². The van der Waals surface area contributed by atoms with Crippen LogP contribution < -0.4 is 10.2 Å². The van der Waals surface area contributed by atoms with Crippen molar-refractivity contribution in [2.75, 3.05) is 37.6 Å². The number of carbonyl (C=O) groups is 1. The van der Waals surface area contributed by atoms with E-state index >= 15 is 0 Å². The van der Waals surface area contributed by atoms with E-state index in [0.29, 0.717) is 0 Å². The Morgan fingerprint density at radius 3 is 2.45 bits per heavy atom. The lowest BCUT2D eigenvalue weighted by Crippen LogP contribution is -2.54. The number of piperazine rings is 1. The van der Waals surface area contributed by atoms with Crippen molar-refractivity contribution in [1.82, 2.24) is 10.2 Å². The van der Waals surface area contributed by atoms with Crippen LogP contribution in [-0.4, -0.2) is 49.6 Å². The second kappa shape index (κ2) is 8.13. The zero-order valence-electron chi connectivity index (χ0n) is 13.5. The molecule has 1 aromatic carbocycles. The molecule has 1 heterocycles. The summed E-state index contributed by atoms with van der Waals surface area (Å²) in [5.41, 5.74) is 1.04. The Labute approximate surface area is 132 Å². The topological polar surface area (TPSA) is 35.6 Å². The molecule has 1 aliphatic heterocycles. The van der Waals surface area contributed by atoms with Gasteiger partial charge in [-0.3, -0.25) is 9.69 Å². The zero-order valence-corrected chi connectivity index (χ0v) is 13.5. The maximum absolute atomic E-state index is 13.0. The fourth-order valence-electron chi connectivity index (χ4n) is 2.72. The van der Waals surface area contributed by atoms with Gasteiger partial charge in [0.2, 0.25) is 5.91 Å². The number of unbranched alkanes of at least 4 members (excludes halogenated alkanes) is 1. The van der Waals surface area contributed by atoms with E-state index < -0.39 is 0 Å². The number of nitrogens with one attached hydrogen (secondary N) is 1. The van der Waals surface area contributed by atoms with E-state index in [-0.39, 0.29) is 17.8 Å². The van der Waals surface area contributed by atoms with Crippen LogP contribution in [-0.2, 0) is 4.79 Å². The SMILES string of the molecule is CCCCNC(=O)C(C)N1CCN(c2ccc(F)cc2)CC1. The van der Waals surface area contributed by atoms with E-state index in [2.05, 4.69) is 22.0 Å². The van der Waals surface area contributed by atoms with Crippen molar-refractivity contribution in [2.45, 2.75) is 32.7 Å². The van der Waals surface area contributed by atoms with Crippen molar-refractivity contribution in [3.63, 3.8) is 0 Å². The normalized spacial score (nSPS) is 17.3. The third kappa shape index (κ3) is 4.44. The molecule has 1 aromatic rings. The average molecular weight is 307 g/mol. The molecular formula is C17H26FN3O. The zero-order chi connectivity index (χ0) is 15.9. The Kier molecular flexibility index (Phi) is 6.19. The van der Waals surface area contributed by atoms with Crippen LogP contribution in [0.3, 0.4) is 0 Å². The van der Waals surface area contributed by atoms with E-state index in [9.17, 15) is 9.18 Å². The second-order valence-electron chi connectivity index (χ2n) is 5.82. The Bertz CT molecular complexity index is 469. The smallest absolute Gasteiger partial charge is 0.237 e. The molecule has 1 amide bonds. The summed E-state index contributed by atoms with van der Waals surface area (Å²) < 4.78 is 13.0. The summed E-state index contributed by atoms with van der Waals surface area (Å²) >= 11 is 0. The Morgan fingerprint density at radius 1 is 1.23 bits per heavy atom. The van der Waals surface area contributed by atoms with E-state index in [1.165, 1.54) is 12.1 Å². The third-order valence-corrected chi connectivity index (χ3v) is 4.26. The number of hydrogen-bond donors (Lipinski definition) is 1. The molecule has 0 radical (unpaired) electrons. The number of benzene rings is 1. The molecule has 2 rings (SSSR count). The van der Waals surface area contributed by atoms with E-state index in [4.69, 9.17) is 0 Å². The lowest BCUT2D eigenvalue weighted by Gasteiger charge is -2.38. The van der Waals surface area contributed by atoms with Gasteiger partial charge in [0, 0.05) is 38.4 Å². The lowest BCUT2D eigenvalue weighted by molar-refractivity contribution is -0.126. The first kappa shape index (κ1) is 16.7. The largest absolute Gasteiger partial charge is 0.369 e. The van der Waals surface area contributed by atoms with Crippen molar-refractivity contribution < 1.29 is 9.18 Å². The summed E-state index contributed by atoms with van der Waals surface area (Å²) in [5.74, 6) is -0.0940. The van der Waals surface area contributed by atoms with Crippen LogP contribution in [0.2, 0.25) is 0 Å². The molecule has 0 bridgehead atoms. The minimum atomic E-state index is -0.209. The van der Waals surface area contributed by atoms with Gasteiger partial charge in [0.25, 0.3) is 0 Å². The molecule has 1 saturated heterocycles. The molecule has 1 aliphatic rings. The quantitative estimate of drug-likeness (QED) is 0.819. The highest BCUT2D eigenvalue weighted by molar-refractivity contribution is 5.81. The number of hydrogen-bond acceptors (Lipinski definition) is 3. The number of halogens is 1. The number of amides is 1. The van der Waals surface area contributed by atoms with Gasteiger partial charge in [-0.2, -0.15) is 0 Å². The lowest BCUT2D eigenvalue weighted by atomic mass is 10.2. The first-order valence-electron chi connectivity index (χ1n) is 8.14. The van der Waals surface area contributed by atoms with E-state index in [1.54, 1.807) is 0 Å². The van der Waals surface area contributed by atoms with Crippen molar-refractivity contribution in [1.29, 1.82) is 0 Å². The molecule has 4 nitrogen and oxygen atoms in total. The van der Waals surface area contributed by atoms with Crippen LogP contribution in [0.4, 0.5) is 10.1 Å². The third-order valence-electron chi connectivity index (χ3n) is 4.26. The Morgan fingerprint density at radius 2 is 1.86 bits per heavy atom. The molecule has 1 fully saturated rings. The molecule has 22 heavy (non-hydrogen) atoms. The fraction of sp³-hybridized carbons (Fsp3) is 0.588. The van der Waals surface area contributed by atoms with Crippen LogP contribution in [0.25, 0.3) is 0 Å². The number of anilines is 1. The molecule has 1 N–H and O–H groups in total. The summed E-state index contributed by atoms with van der Waals surface area (Å²) in [4.78, 5) is 16.5. The van der Waals surface area contributed by atoms with Gasteiger partial charge in [0.15, 0.2) is 0 Å². The molecule has 5 heteroatoms. The van der Waals surface area contributed by atoms with Crippen molar-refractivity contribution in [2.24, 2.45) is 0 Å². The van der Waals surface area contributed by atoms with E-state index in [1.807, 2.05) is 19.1 Å². The standard InChI is InChI=1S/C17H26FN3O/c1-3-4-9-19-17(22)14(2)20-10-12-21(13-11-20)16-7-5-15(18)6-8-16/h5-8,14H,3-4,9-13H2,1-2H3,(H,19,22). The van der Waals surface area contributed by atoms with Gasteiger partial charge in [-0.15, -0.1) is 0 Å². The highest BCUT2D eigenvalue weighted by atomic mass is 19.1. The second-order valence-corrected chi connectivity index (χ2v) is 5.82. The summed E-state index contributed by atoms with van der Waals surface area (Å²) in [6.45, 7) is 8.25. The maximum atomic E-state index is 13.0. The number of carbonyl (C=O) groups excluding carboxylic acids is 1. The molecule has 0 aliphatic carbocycles. The molecule has 1 unspecified atom stereocenters. The van der Waals surface area contributed by atoms with Gasteiger partial charge in [-0.25, -0.2) is 4.39 Å². The van der Waals surface area contributed by atoms with E-state index in [0.717, 1.165) is 51.3 Å². The number of nitrogens with zero attached hydrogens (tertiary/aromatic N) is 2. The van der Waals surface area contributed by atoms with Crippen molar-refractivity contribution in [3.05, 3.63) is 30.1 Å². The molecule has 0 spiro atoms. The van der Waals surface area contributed by atoms with Gasteiger partial charge < -0.3 is 10.2 Å². The summed E-state index contributed by atoms with van der Waals surface area (Å²) in [6, 6.07) is 6.52. The van der Waals surface area contributed by atoms with Crippen LogP contribution in [0.1, 0.15) is 26.7 Å². The minimum absolute atomic E-state index is 0.0905. The predicted molar refractivity (Wildman–Crippen MR) is 87.6 cm³/mol. The molecule has 0 saturated carbocycles. The molecule has 0 aromatic heterocycles. The van der Waals surface area contributed by atoms with Crippen LogP contribution in [0.5, 0.6) is 0 Å². The van der Waals surface area contributed by atoms with Crippen molar-refractivity contribution in [3.8, 4) is 0 Å². The van der Waals surface area contributed by atoms with Crippen molar-refractivity contribution >= 4 is 11.6 Å². The maximum Gasteiger partial charge on any atom is 0.237 e. The first-order chi connectivity index (χ1) is 10.6. The predicted octanol–water partition coefficient (Wildman–Crippen LogP) is 2.25. The highest BCUT2D eigenvalue weighted by Crippen LogP contribution is 2.17. The molecule has 122 valence electrons. The fourth-order valence-corrected chi connectivity index (χ4v) is 2.72. The highest BCUT2D eigenvalue weighted by Gasteiger charge is 2.25. The van der Waals surface area contributed by atoms with Gasteiger partial charge >= 0.3 is 0 Å². The first-order valence-corrected chi connectivity index (χ1v) is 8.14. The number of rotatable bonds is 6. The summed E-state index contributed by atoms with van der Waals surface area (Å²) in [6.07, 6.45) is 2.11. The van der Waals surface area contributed by atoms with Crippen LogP contribution >= 0.6 is 0 Å². The monoisotopic (exact) mass is 307 g/mol. The molecular weight excluding hydrogens is 281 g/mol. The van der Waals surface area contributed by atoms with Gasteiger partial charge in [0.05, 0.1) is 6.04 Å². The summed E-state index contributed by atoms with van der Waals surface area (Å²) in [7, 11) is 0. The van der Waals surface area contributed by atoms with Gasteiger partial charge in [0.1, 0.15) is 5.82 Å². The van der Waals surface area contributed by atoms with Crippen LogP contribution in [0, 0.1) is 5.82 Å². The molecule has 1 atom stereocenters. The average Bonchev–Trinajstić information content (AvgIpc) is 2.55. The minimum Gasteiger partial charge on any atom is -0.369 e. The Balaban J connectivity index is 1.81. The summed E-state index contributed by atoms with van der Waals surface area (Å²) in [5, 5.41) is 2.99.